The van der Waals surface area contributed by atoms with Crippen LogP contribution in [-0.2, 0) is 257 Å². The molecule has 0 aliphatic rings. The summed E-state index contributed by atoms with van der Waals surface area (Å²) >= 11 is 0. The van der Waals surface area contributed by atoms with Gasteiger partial charge >= 0.3 is 0 Å². The average Bonchev–Trinajstić information content (AvgIpc) is 0.722. The van der Waals surface area contributed by atoms with E-state index in [0.29, 0.717) is 0 Å². The number of hydrogen-bond acceptors (Lipinski definition) is 4. The molecule has 0 aliphatic heterocycles. The van der Waals surface area contributed by atoms with Crippen LogP contribution in [0.5, 0.6) is 0 Å². The Balaban J connectivity index is -0.00000000103. The van der Waals surface area contributed by atoms with E-state index in [2.05, 4.69) is 0 Å². The quantitative estimate of drug-likeness (QED) is 0.183. The van der Waals surface area contributed by atoms with Crippen LogP contribution >= 0.6 is 7.82 Å². The molecule has 0 spiro atoms. The first-order valence-electron chi connectivity index (χ1n) is 0.730. The molecule has 0 radical (unpaired) electrons. The van der Waals surface area contributed by atoms with Crippen molar-refractivity contribution in [1.29, 1.82) is 0 Å². The molecule has 0 saturated heterocycles. The molecule has 0 aromatic heterocycles. The minimum Gasteiger partial charge on any atom is -0.822 e. The van der Waals surface area contributed by atoms with Gasteiger partial charge in [0.2, 0.25) is 0 Å². The van der Waals surface area contributed by atoms with Gasteiger partial charge in [-0.1, -0.05) is 0 Å². The van der Waals surface area contributed by atoms with Crippen molar-refractivity contribution in [3.63, 3.8) is 0 Å². The van der Waals surface area contributed by atoms with Crippen molar-refractivity contribution < 1.29 is 272 Å². The number of rotatable bonds is 0. The van der Waals surface area contributed by atoms with Crippen molar-refractivity contribution in [3.05, 3.63) is 0 Å². The van der Waals surface area contributed by atoms with Crippen LogP contribution in [0.1, 0.15) is 0 Å². The smallest absolute Gasteiger partial charge is 0.187 e. The Bertz CT molecular complexity index is 70.2. The van der Waals surface area contributed by atoms with Crippen LogP contribution in [0.25, 0.3) is 0 Å². The first-order valence-corrected chi connectivity index (χ1v) is 2.19. The van der Waals surface area contributed by atoms with Gasteiger partial charge in [0.05, 0.1) is 0 Å². The van der Waals surface area contributed by atoms with Gasteiger partial charge in [-0.2, -0.15) is 7.82 Å². The van der Waals surface area contributed by atoms with E-state index >= 15 is 0 Å². The first kappa shape index (κ1) is 108. The zero-order valence-corrected chi connectivity index (χ0v) is 43.1. The fourth-order valence-electron chi connectivity index (χ4n) is 0. The van der Waals surface area contributed by atoms with Crippen molar-refractivity contribution in [2.45, 2.75) is 0 Å². The molecule has 4 nitrogen and oxygen atoms in total. The third-order valence-electron chi connectivity index (χ3n) is 0. The number of phosphoric acid groups is 1. The summed E-state index contributed by atoms with van der Waals surface area (Å²) in [6, 6.07) is 0. The Morgan fingerprint density at radius 1 is 0.444 bits per heavy atom. The fraction of sp³-hybridized carbons (Fsp3) is 0. The predicted molar refractivity (Wildman–Crippen MR) is 17.5 cm³/mol. The molecule has 110 valence electrons. The minimum absolute atomic E-state index is 0. The summed E-state index contributed by atoms with van der Waals surface area (Å²) in [4.78, 5) is 25.6. The molecular weight excluding hydrogens is 2330 g/mol. The van der Waals surface area contributed by atoms with E-state index in [1.807, 2.05) is 0 Å². The van der Waals surface area contributed by atoms with Crippen LogP contribution in [0.4, 0.5) is 0 Å². The van der Waals surface area contributed by atoms with Crippen LogP contribution in [0.3, 0.4) is 0 Å². The van der Waals surface area contributed by atoms with Gasteiger partial charge in [-0.25, -0.2) is 0 Å². The second kappa shape index (κ2) is 72.3. The van der Waals surface area contributed by atoms with Gasteiger partial charge in [-0.05, 0) is 0 Å². The normalized spacial score (nSPS) is 3.28. The third kappa shape index (κ3) is 180. The summed E-state index contributed by atoms with van der Waals surface area (Å²) in [5, 5.41) is 0. The molecule has 0 atom stereocenters. The van der Waals surface area contributed by atoms with Gasteiger partial charge in [0.15, 0.2) is 17.4 Å². The Morgan fingerprint density at radius 2 is 0.444 bits per heavy atom. The van der Waals surface area contributed by atoms with Crippen molar-refractivity contribution in [2.75, 3.05) is 0 Å². The summed E-state index contributed by atoms with van der Waals surface area (Å²) in [7, 11) is -5.39. The standard InChI is InChI=1S/Al.H3O4P.12W.3H/c;1-5(2,3)4;;;;;;;;;;;;;;;/h;(H3,1,2,3,4);;;;;;;;;;;;;;;/p-3. The fourth-order valence-corrected chi connectivity index (χ4v) is 0. The molecule has 0 bridgehead atoms. The topological polar surface area (TPSA) is 86.2 Å². The average molecular weight is 2330 g/mol. The molecule has 0 saturated carbocycles. The zero-order chi connectivity index (χ0) is 4.50. The molecule has 0 aliphatic carbocycles. The molecular formula is H3AlO4PW12-3. The monoisotopic (exact) mass is 2330 g/mol. The second-order valence-corrected chi connectivity index (χ2v) is 1.34. The van der Waals surface area contributed by atoms with E-state index in [0.717, 1.165) is 0 Å². The predicted octanol–water partition coefficient (Wildman–Crippen LogP) is -4.04. The summed E-state index contributed by atoms with van der Waals surface area (Å²) in [6.07, 6.45) is 0. The van der Waals surface area contributed by atoms with Gasteiger partial charge in [0, 0.05) is 253 Å². The Kier molecular flexibility index (Phi) is 436. The maximum Gasteiger partial charge on any atom is 0.187 e. The largest absolute Gasteiger partial charge is 0.822 e. The zero-order valence-electron chi connectivity index (χ0n) is 6.98. The van der Waals surface area contributed by atoms with Crippen LogP contribution in [0.2, 0.25) is 0 Å². The summed E-state index contributed by atoms with van der Waals surface area (Å²) in [5.41, 5.74) is 0. The third-order valence-corrected chi connectivity index (χ3v) is 0. The van der Waals surface area contributed by atoms with Crippen molar-refractivity contribution in [3.8, 4) is 0 Å². The van der Waals surface area contributed by atoms with Crippen LogP contribution in [0.15, 0.2) is 0 Å². The summed E-state index contributed by atoms with van der Waals surface area (Å²) < 4.78 is 8.55. The maximum atomic E-state index is 8.55. The maximum absolute atomic E-state index is 8.55. The first-order chi connectivity index (χ1) is 2.00. The van der Waals surface area contributed by atoms with Gasteiger partial charge < -0.3 is 19.2 Å². The Hall–Kier alpha value is 8.90. The molecule has 0 fully saturated rings. The molecule has 0 aromatic rings. The van der Waals surface area contributed by atoms with E-state index in [1.54, 1.807) is 0 Å². The molecule has 0 amide bonds. The van der Waals surface area contributed by atoms with Gasteiger partial charge in [-0.15, -0.1) is 0 Å². The van der Waals surface area contributed by atoms with E-state index in [4.69, 9.17) is 19.2 Å². The van der Waals surface area contributed by atoms with Gasteiger partial charge in [0.25, 0.3) is 0 Å². The van der Waals surface area contributed by atoms with E-state index in [1.165, 1.54) is 0 Å². The Labute approximate surface area is 290 Å². The Morgan fingerprint density at radius 3 is 0.444 bits per heavy atom. The molecule has 18 heavy (non-hydrogen) atoms. The minimum atomic E-state index is -5.39. The van der Waals surface area contributed by atoms with E-state index in [9.17, 15) is 0 Å². The molecule has 0 rings (SSSR count). The van der Waals surface area contributed by atoms with Crippen molar-refractivity contribution in [1.82, 2.24) is 0 Å². The summed E-state index contributed by atoms with van der Waals surface area (Å²) in [5.74, 6) is 0. The SMILES string of the molecule is O=P([O-])([O-])[O-].[AlH3].[W].[W].[W].[W].[W].[W].[W].[W].[W].[W].[W].[W]. The van der Waals surface area contributed by atoms with Gasteiger partial charge in [-0.3, -0.25) is 0 Å². The van der Waals surface area contributed by atoms with Crippen molar-refractivity contribution in [2.24, 2.45) is 0 Å². The second-order valence-electron chi connectivity index (χ2n) is 0.447. The van der Waals surface area contributed by atoms with Crippen LogP contribution in [0, 0.1) is 0 Å². The van der Waals surface area contributed by atoms with Gasteiger partial charge in [0.1, 0.15) is 0 Å². The number of hydrogen-bond donors (Lipinski definition) is 0. The van der Waals surface area contributed by atoms with E-state index in [-0.39, 0.29) is 270 Å². The van der Waals surface area contributed by atoms with Crippen LogP contribution < -0.4 is 14.7 Å². The molecule has 18 heteroatoms. The van der Waals surface area contributed by atoms with Crippen molar-refractivity contribution >= 4 is 25.2 Å². The van der Waals surface area contributed by atoms with E-state index < -0.39 is 7.82 Å². The molecule has 0 N–H and O–H groups in total. The summed E-state index contributed by atoms with van der Waals surface area (Å²) in [6.45, 7) is 0. The molecule has 0 unspecified atom stereocenters. The van der Waals surface area contributed by atoms with Crippen LogP contribution in [-0.4, -0.2) is 17.4 Å². The molecule has 0 heterocycles. The molecule has 0 aromatic carbocycles.